The predicted octanol–water partition coefficient (Wildman–Crippen LogP) is 3.07. The number of halogens is 2. The van der Waals surface area contributed by atoms with Gasteiger partial charge >= 0.3 is 5.69 Å². The fourth-order valence-corrected chi connectivity index (χ4v) is 2.97. The SMILES string of the molecule is CCCCN(C(=O)c1cnc(Cl)c(Cl)c1)c1c(N)n(CCCC)c(=O)[nH]c1=O. The molecule has 0 fully saturated rings. The minimum Gasteiger partial charge on any atom is -0.383 e. The van der Waals surface area contributed by atoms with E-state index < -0.39 is 17.2 Å². The van der Waals surface area contributed by atoms with Crippen molar-refractivity contribution in [3.05, 3.63) is 48.8 Å². The van der Waals surface area contributed by atoms with E-state index in [4.69, 9.17) is 28.9 Å². The number of aromatic nitrogens is 3. The highest BCUT2D eigenvalue weighted by molar-refractivity contribution is 6.41. The first-order chi connectivity index (χ1) is 13.3. The molecule has 0 atom stereocenters. The van der Waals surface area contributed by atoms with Crippen LogP contribution in [0.4, 0.5) is 11.5 Å². The van der Waals surface area contributed by atoms with Gasteiger partial charge in [0, 0.05) is 19.3 Å². The first-order valence-electron chi connectivity index (χ1n) is 9.07. The molecule has 0 saturated carbocycles. The number of hydrogen-bond donors (Lipinski definition) is 2. The molecule has 0 aromatic carbocycles. The number of rotatable bonds is 8. The van der Waals surface area contributed by atoms with E-state index in [2.05, 4.69) is 9.97 Å². The maximum atomic E-state index is 13.1. The van der Waals surface area contributed by atoms with Crippen molar-refractivity contribution >= 4 is 40.6 Å². The highest BCUT2D eigenvalue weighted by Crippen LogP contribution is 2.24. The molecular weight excluding hydrogens is 405 g/mol. The van der Waals surface area contributed by atoms with Crippen LogP contribution in [0.5, 0.6) is 0 Å². The van der Waals surface area contributed by atoms with E-state index in [0.29, 0.717) is 19.4 Å². The van der Waals surface area contributed by atoms with E-state index in [1.165, 1.54) is 21.7 Å². The van der Waals surface area contributed by atoms with Gasteiger partial charge in [-0.1, -0.05) is 49.9 Å². The van der Waals surface area contributed by atoms with Gasteiger partial charge in [0.1, 0.15) is 11.0 Å². The van der Waals surface area contributed by atoms with E-state index in [9.17, 15) is 14.4 Å². The lowest BCUT2D eigenvalue weighted by atomic mass is 10.2. The standard InChI is InChI=1S/C18H23Cl2N5O3/c1-3-5-7-24(17(27)11-9-12(19)14(20)22-10-11)13-15(21)25(8-6-4-2)18(28)23-16(13)26/h9-10H,3-8,21H2,1-2H3,(H,23,26,28). The normalized spacial score (nSPS) is 10.9. The zero-order valence-corrected chi connectivity index (χ0v) is 17.3. The fourth-order valence-electron chi connectivity index (χ4n) is 2.70. The Morgan fingerprint density at radius 2 is 1.93 bits per heavy atom. The van der Waals surface area contributed by atoms with Gasteiger partial charge in [-0.15, -0.1) is 0 Å². The number of nitrogens with zero attached hydrogens (tertiary/aromatic N) is 3. The Kier molecular flexibility index (Phi) is 7.65. The summed E-state index contributed by atoms with van der Waals surface area (Å²) in [6.07, 6.45) is 4.25. The molecule has 0 spiro atoms. The van der Waals surface area contributed by atoms with Crippen molar-refractivity contribution in [2.75, 3.05) is 17.2 Å². The number of anilines is 2. The maximum Gasteiger partial charge on any atom is 0.330 e. The van der Waals surface area contributed by atoms with E-state index in [0.717, 1.165) is 12.8 Å². The molecule has 1 amide bonds. The van der Waals surface area contributed by atoms with Gasteiger partial charge in [-0.3, -0.25) is 19.1 Å². The van der Waals surface area contributed by atoms with Gasteiger partial charge < -0.3 is 10.6 Å². The molecule has 0 bridgehead atoms. The summed E-state index contributed by atoms with van der Waals surface area (Å²) in [5.41, 5.74) is 4.95. The molecular formula is C18H23Cl2N5O3. The third-order valence-electron chi connectivity index (χ3n) is 4.24. The number of hydrogen-bond acceptors (Lipinski definition) is 5. The second kappa shape index (κ2) is 9.75. The van der Waals surface area contributed by atoms with Crippen LogP contribution in [-0.4, -0.2) is 27.0 Å². The monoisotopic (exact) mass is 427 g/mol. The number of H-pyrrole nitrogens is 1. The lowest BCUT2D eigenvalue weighted by Crippen LogP contribution is -2.41. The molecule has 0 aliphatic rings. The van der Waals surface area contributed by atoms with Gasteiger partial charge in [0.25, 0.3) is 11.5 Å². The molecule has 2 aromatic heterocycles. The summed E-state index contributed by atoms with van der Waals surface area (Å²) >= 11 is 11.8. The van der Waals surface area contributed by atoms with E-state index in [1.807, 2.05) is 13.8 Å². The summed E-state index contributed by atoms with van der Waals surface area (Å²) in [7, 11) is 0. The average Bonchev–Trinajstić information content (AvgIpc) is 2.65. The minimum atomic E-state index is -0.715. The molecule has 0 aliphatic heterocycles. The molecule has 28 heavy (non-hydrogen) atoms. The smallest absolute Gasteiger partial charge is 0.330 e. The third kappa shape index (κ3) is 4.74. The number of nitrogens with two attached hydrogens (primary N) is 1. The number of carbonyl (C=O) groups is 1. The Morgan fingerprint density at radius 1 is 1.25 bits per heavy atom. The molecule has 10 heteroatoms. The molecule has 152 valence electrons. The zero-order valence-electron chi connectivity index (χ0n) is 15.8. The van der Waals surface area contributed by atoms with Crippen molar-refractivity contribution in [2.45, 2.75) is 46.1 Å². The number of amides is 1. The molecule has 0 radical (unpaired) electrons. The third-order valence-corrected chi connectivity index (χ3v) is 4.93. The van der Waals surface area contributed by atoms with Crippen LogP contribution in [0, 0.1) is 0 Å². The Morgan fingerprint density at radius 3 is 2.54 bits per heavy atom. The summed E-state index contributed by atoms with van der Waals surface area (Å²) in [6.45, 7) is 4.52. The molecule has 2 heterocycles. The van der Waals surface area contributed by atoms with Gasteiger partial charge in [0.05, 0.1) is 10.6 Å². The van der Waals surface area contributed by atoms with Crippen LogP contribution >= 0.6 is 23.2 Å². The molecule has 0 aliphatic carbocycles. The molecule has 2 aromatic rings. The second-order valence-corrected chi connectivity index (χ2v) is 7.07. The summed E-state index contributed by atoms with van der Waals surface area (Å²) in [5.74, 6) is -0.544. The Labute approximate surface area is 172 Å². The number of pyridine rings is 1. The first kappa shape index (κ1) is 22.0. The molecule has 0 saturated heterocycles. The van der Waals surface area contributed by atoms with Crippen molar-refractivity contribution in [1.29, 1.82) is 0 Å². The quantitative estimate of drug-likeness (QED) is 0.628. The number of carbonyl (C=O) groups excluding carboxylic acids is 1. The summed E-state index contributed by atoms with van der Waals surface area (Å²) in [5, 5.41) is 0.196. The van der Waals surface area contributed by atoms with Crippen LogP contribution in [0.1, 0.15) is 49.9 Å². The van der Waals surface area contributed by atoms with Crippen LogP contribution in [0.3, 0.4) is 0 Å². The maximum absolute atomic E-state index is 13.1. The van der Waals surface area contributed by atoms with Crippen LogP contribution in [0.15, 0.2) is 21.9 Å². The lowest BCUT2D eigenvalue weighted by Gasteiger charge is -2.24. The van der Waals surface area contributed by atoms with E-state index in [1.54, 1.807) is 0 Å². The summed E-state index contributed by atoms with van der Waals surface area (Å²) in [4.78, 5) is 45.2. The number of aromatic amines is 1. The highest BCUT2D eigenvalue weighted by atomic mass is 35.5. The molecule has 8 nitrogen and oxygen atoms in total. The Hall–Kier alpha value is -2.32. The van der Waals surface area contributed by atoms with Gasteiger partial charge in [-0.05, 0) is 18.9 Å². The topological polar surface area (TPSA) is 114 Å². The van der Waals surface area contributed by atoms with Crippen molar-refractivity contribution < 1.29 is 4.79 Å². The largest absolute Gasteiger partial charge is 0.383 e. The van der Waals surface area contributed by atoms with Gasteiger partial charge in [0.2, 0.25) is 0 Å². The van der Waals surface area contributed by atoms with Crippen LogP contribution in [-0.2, 0) is 6.54 Å². The Bertz CT molecular complexity index is 971. The van der Waals surface area contributed by atoms with Crippen molar-refractivity contribution in [2.24, 2.45) is 0 Å². The van der Waals surface area contributed by atoms with E-state index in [-0.39, 0.29) is 33.8 Å². The first-order valence-corrected chi connectivity index (χ1v) is 9.82. The average molecular weight is 428 g/mol. The summed E-state index contributed by atoms with van der Waals surface area (Å²) in [6, 6.07) is 1.38. The number of nitrogen functional groups attached to an aromatic ring is 1. The van der Waals surface area contributed by atoms with Crippen molar-refractivity contribution in [1.82, 2.24) is 14.5 Å². The molecule has 3 N–H and O–H groups in total. The predicted molar refractivity (Wildman–Crippen MR) is 111 cm³/mol. The second-order valence-electron chi connectivity index (χ2n) is 6.31. The minimum absolute atomic E-state index is 0.0420. The molecule has 0 unspecified atom stereocenters. The van der Waals surface area contributed by atoms with Gasteiger partial charge in [0.15, 0.2) is 5.69 Å². The summed E-state index contributed by atoms with van der Waals surface area (Å²) < 4.78 is 1.28. The molecule has 2 rings (SSSR count). The van der Waals surface area contributed by atoms with Crippen LogP contribution in [0.2, 0.25) is 10.2 Å². The van der Waals surface area contributed by atoms with Crippen molar-refractivity contribution in [3.8, 4) is 0 Å². The fraction of sp³-hybridized carbons (Fsp3) is 0.444. The van der Waals surface area contributed by atoms with E-state index >= 15 is 0 Å². The number of nitrogens with one attached hydrogen (secondary N) is 1. The van der Waals surface area contributed by atoms with Gasteiger partial charge in [-0.25, -0.2) is 9.78 Å². The van der Waals surface area contributed by atoms with Crippen LogP contribution in [0.25, 0.3) is 0 Å². The lowest BCUT2D eigenvalue weighted by molar-refractivity contribution is 0.0986. The van der Waals surface area contributed by atoms with Gasteiger partial charge in [-0.2, -0.15) is 0 Å². The Balaban J connectivity index is 2.59. The van der Waals surface area contributed by atoms with Crippen molar-refractivity contribution in [3.63, 3.8) is 0 Å². The number of unbranched alkanes of at least 4 members (excludes halogenated alkanes) is 2. The zero-order chi connectivity index (χ0) is 20.8. The van der Waals surface area contributed by atoms with Crippen LogP contribution < -0.4 is 21.9 Å². The highest BCUT2D eigenvalue weighted by Gasteiger charge is 2.25.